The van der Waals surface area contributed by atoms with Crippen molar-refractivity contribution in [3.8, 4) is 0 Å². The molecule has 0 spiro atoms. The molecule has 112 valence electrons. The molecular formula is C14H28N2O3. The highest BCUT2D eigenvalue weighted by Crippen LogP contribution is 2.13. The fourth-order valence-electron chi connectivity index (χ4n) is 2.40. The zero-order valence-electron chi connectivity index (χ0n) is 12.2. The molecule has 2 atom stereocenters. The second-order valence-electron chi connectivity index (χ2n) is 5.16. The van der Waals surface area contributed by atoms with Gasteiger partial charge in [-0.05, 0) is 38.8 Å². The second-order valence-corrected chi connectivity index (χ2v) is 5.16. The van der Waals surface area contributed by atoms with E-state index in [0.29, 0.717) is 12.5 Å². The number of nitrogens with one attached hydrogen (secondary N) is 1. The topological polar surface area (TPSA) is 61.8 Å². The maximum atomic E-state index is 11.1. The van der Waals surface area contributed by atoms with Gasteiger partial charge in [0.05, 0.1) is 6.10 Å². The minimum Gasteiger partial charge on any atom is -0.480 e. The summed E-state index contributed by atoms with van der Waals surface area (Å²) in [5.41, 5.74) is 0. The lowest BCUT2D eigenvalue weighted by atomic mass is 10.1. The Balaban J connectivity index is 2.30. The number of aliphatic carboxylic acids is 1. The van der Waals surface area contributed by atoms with Crippen molar-refractivity contribution in [3.05, 3.63) is 0 Å². The van der Waals surface area contributed by atoms with Gasteiger partial charge in [0, 0.05) is 19.7 Å². The summed E-state index contributed by atoms with van der Waals surface area (Å²) in [4.78, 5) is 13.4. The highest BCUT2D eigenvalue weighted by Gasteiger charge is 2.21. The molecule has 1 saturated heterocycles. The molecule has 1 heterocycles. The molecule has 0 aromatic carbocycles. The molecule has 1 rings (SSSR count). The third-order valence-corrected chi connectivity index (χ3v) is 3.61. The maximum Gasteiger partial charge on any atom is 0.320 e. The van der Waals surface area contributed by atoms with Gasteiger partial charge in [-0.15, -0.1) is 0 Å². The average Bonchev–Trinajstić information content (AvgIpc) is 2.89. The normalized spacial score (nSPS) is 20.9. The number of ether oxygens (including phenoxy) is 1. The van der Waals surface area contributed by atoms with E-state index in [-0.39, 0.29) is 0 Å². The zero-order valence-corrected chi connectivity index (χ0v) is 12.2. The lowest BCUT2D eigenvalue weighted by molar-refractivity contribution is -0.139. The minimum atomic E-state index is -0.749. The molecule has 0 aliphatic carbocycles. The quantitative estimate of drug-likeness (QED) is 0.628. The fourth-order valence-corrected chi connectivity index (χ4v) is 2.40. The molecule has 0 radical (unpaired) electrons. The van der Waals surface area contributed by atoms with Crippen molar-refractivity contribution in [2.24, 2.45) is 0 Å². The van der Waals surface area contributed by atoms with Gasteiger partial charge in [0.15, 0.2) is 0 Å². The van der Waals surface area contributed by atoms with E-state index in [9.17, 15) is 4.79 Å². The van der Waals surface area contributed by atoms with Crippen molar-refractivity contribution in [2.75, 3.05) is 32.8 Å². The van der Waals surface area contributed by atoms with Gasteiger partial charge in [0.25, 0.3) is 0 Å². The summed E-state index contributed by atoms with van der Waals surface area (Å²) in [5, 5.41) is 12.2. The Morgan fingerprint density at radius 1 is 1.53 bits per heavy atom. The molecule has 5 nitrogen and oxygen atoms in total. The number of hydrogen-bond donors (Lipinski definition) is 2. The Morgan fingerprint density at radius 3 is 2.84 bits per heavy atom. The van der Waals surface area contributed by atoms with E-state index in [1.54, 1.807) is 0 Å². The molecule has 2 N–H and O–H groups in total. The van der Waals surface area contributed by atoms with Gasteiger partial charge < -0.3 is 20.1 Å². The van der Waals surface area contributed by atoms with Crippen molar-refractivity contribution in [3.63, 3.8) is 0 Å². The second kappa shape index (κ2) is 9.28. The number of carbonyl (C=O) groups is 1. The molecule has 1 aliphatic heterocycles. The third kappa shape index (κ3) is 6.36. The maximum absolute atomic E-state index is 11.1. The number of rotatable bonds is 10. The summed E-state index contributed by atoms with van der Waals surface area (Å²) in [6.07, 6.45) is 4.23. The molecule has 19 heavy (non-hydrogen) atoms. The van der Waals surface area contributed by atoms with Gasteiger partial charge in [-0.25, -0.2) is 0 Å². The Labute approximate surface area is 116 Å². The molecule has 0 aromatic rings. The first-order chi connectivity index (χ1) is 9.17. The summed E-state index contributed by atoms with van der Waals surface area (Å²) in [6, 6.07) is -0.432. The molecule has 0 bridgehead atoms. The van der Waals surface area contributed by atoms with Crippen molar-refractivity contribution < 1.29 is 14.6 Å². The van der Waals surface area contributed by atoms with Crippen LogP contribution < -0.4 is 5.32 Å². The van der Waals surface area contributed by atoms with Crippen LogP contribution in [0.2, 0.25) is 0 Å². The van der Waals surface area contributed by atoms with Crippen LogP contribution >= 0.6 is 0 Å². The first kappa shape index (κ1) is 16.4. The number of hydrogen-bond acceptors (Lipinski definition) is 4. The van der Waals surface area contributed by atoms with Crippen LogP contribution in [0.5, 0.6) is 0 Å². The lowest BCUT2D eigenvalue weighted by Crippen LogP contribution is -2.41. The predicted molar refractivity (Wildman–Crippen MR) is 75.4 cm³/mol. The predicted octanol–water partition coefficient (Wildman–Crippen LogP) is 1.33. The van der Waals surface area contributed by atoms with Crippen molar-refractivity contribution in [2.45, 2.75) is 51.7 Å². The van der Waals surface area contributed by atoms with Crippen LogP contribution in [0.4, 0.5) is 0 Å². The molecule has 2 unspecified atom stereocenters. The van der Waals surface area contributed by atoms with Crippen LogP contribution in [0, 0.1) is 0 Å². The van der Waals surface area contributed by atoms with E-state index >= 15 is 0 Å². The summed E-state index contributed by atoms with van der Waals surface area (Å²) in [7, 11) is 0. The smallest absolute Gasteiger partial charge is 0.320 e. The van der Waals surface area contributed by atoms with Crippen LogP contribution in [-0.2, 0) is 9.53 Å². The first-order valence-electron chi connectivity index (χ1n) is 7.47. The van der Waals surface area contributed by atoms with Crippen LogP contribution in [0.25, 0.3) is 0 Å². The van der Waals surface area contributed by atoms with E-state index in [4.69, 9.17) is 9.84 Å². The van der Waals surface area contributed by atoms with E-state index in [2.05, 4.69) is 17.1 Å². The van der Waals surface area contributed by atoms with Gasteiger partial charge in [0.2, 0.25) is 0 Å². The van der Waals surface area contributed by atoms with Gasteiger partial charge >= 0.3 is 5.97 Å². The van der Waals surface area contributed by atoms with E-state index < -0.39 is 12.0 Å². The summed E-state index contributed by atoms with van der Waals surface area (Å²) < 4.78 is 5.63. The summed E-state index contributed by atoms with van der Waals surface area (Å²) >= 11 is 0. The van der Waals surface area contributed by atoms with E-state index in [1.165, 1.54) is 0 Å². The van der Waals surface area contributed by atoms with Gasteiger partial charge in [-0.2, -0.15) is 0 Å². The van der Waals surface area contributed by atoms with Gasteiger partial charge in [-0.1, -0.05) is 13.8 Å². The Bertz CT molecular complexity index is 255. The van der Waals surface area contributed by atoms with Gasteiger partial charge in [-0.3, -0.25) is 4.79 Å². The largest absolute Gasteiger partial charge is 0.480 e. The van der Waals surface area contributed by atoms with Gasteiger partial charge in [0.1, 0.15) is 6.04 Å². The lowest BCUT2D eigenvalue weighted by Gasteiger charge is -2.25. The number of carboxylic acids is 1. The number of nitrogens with zero attached hydrogens (tertiary/aromatic N) is 1. The van der Waals surface area contributed by atoms with Crippen molar-refractivity contribution in [1.82, 2.24) is 10.2 Å². The fraction of sp³-hybridized carbons (Fsp3) is 0.929. The Hall–Kier alpha value is -0.650. The van der Waals surface area contributed by atoms with Crippen molar-refractivity contribution >= 4 is 5.97 Å². The highest BCUT2D eigenvalue weighted by molar-refractivity contribution is 5.73. The van der Waals surface area contributed by atoms with E-state index in [1.807, 2.05) is 6.92 Å². The van der Waals surface area contributed by atoms with Crippen LogP contribution in [0.15, 0.2) is 0 Å². The van der Waals surface area contributed by atoms with Crippen molar-refractivity contribution in [1.29, 1.82) is 0 Å². The average molecular weight is 272 g/mol. The number of likely N-dealkylation sites (N-methyl/N-ethyl adjacent to an activating group) is 1. The standard InChI is InChI=1S/C14H28N2O3/c1-3-8-15-13(14(17)18)7-9-16(4-2)11-12-6-5-10-19-12/h12-13,15H,3-11H2,1-2H3,(H,17,18). The summed E-state index contributed by atoms with van der Waals surface area (Å²) in [6.45, 7) is 8.47. The minimum absolute atomic E-state index is 0.340. The van der Waals surface area contributed by atoms with Crippen LogP contribution in [0.3, 0.4) is 0 Å². The molecular weight excluding hydrogens is 244 g/mol. The molecule has 1 aliphatic rings. The van der Waals surface area contributed by atoms with Crippen LogP contribution in [-0.4, -0.2) is 60.9 Å². The molecule has 0 aromatic heterocycles. The van der Waals surface area contributed by atoms with E-state index in [0.717, 1.165) is 52.0 Å². The zero-order chi connectivity index (χ0) is 14.1. The third-order valence-electron chi connectivity index (χ3n) is 3.61. The molecule has 0 amide bonds. The molecule has 0 saturated carbocycles. The summed E-state index contributed by atoms with van der Waals surface area (Å²) in [5.74, 6) is -0.749. The Morgan fingerprint density at radius 2 is 2.32 bits per heavy atom. The Kier molecular flexibility index (Phi) is 8.02. The molecule has 1 fully saturated rings. The van der Waals surface area contributed by atoms with Crippen LogP contribution in [0.1, 0.15) is 39.5 Å². The first-order valence-corrected chi connectivity index (χ1v) is 7.47. The SMILES string of the molecule is CCCNC(CCN(CC)CC1CCCO1)C(=O)O. The highest BCUT2D eigenvalue weighted by atomic mass is 16.5. The number of carboxylic acid groups (broad SMARTS) is 1. The molecule has 5 heteroatoms. The monoisotopic (exact) mass is 272 g/mol.